The Morgan fingerprint density at radius 2 is 2.06 bits per heavy atom. The second kappa shape index (κ2) is 8.93. The van der Waals surface area contributed by atoms with Gasteiger partial charge in [0.1, 0.15) is 6.04 Å². The van der Waals surface area contributed by atoms with Crippen LogP contribution in [-0.2, 0) is 4.74 Å². The molecule has 0 amide bonds. The number of hydrogen-bond donors (Lipinski definition) is 2. The van der Waals surface area contributed by atoms with Crippen LogP contribution in [0.15, 0.2) is 35.3 Å². The van der Waals surface area contributed by atoms with E-state index in [0.29, 0.717) is 30.6 Å². The van der Waals surface area contributed by atoms with Crippen molar-refractivity contribution in [1.82, 2.24) is 34.7 Å². The minimum atomic E-state index is -0.482. The van der Waals surface area contributed by atoms with Crippen molar-refractivity contribution in [3.05, 3.63) is 46.8 Å². The third kappa shape index (κ3) is 4.24. The van der Waals surface area contributed by atoms with Crippen LogP contribution in [0.3, 0.4) is 0 Å². The first-order chi connectivity index (χ1) is 17.4. The van der Waals surface area contributed by atoms with Gasteiger partial charge in [0.05, 0.1) is 25.1 Å². The average Bonchev–Trinajstić information content (AvgIpc) is 3.43. The first-order valence-corrected chi connectivity index (χ1v) is 12.4. The van der Waals surface area contributed by atoms with E-state index in [4.69, 9.17) is 4.74 Å². The Morgan fingerprint density at radius 3 is 2.86 bits per heavy atom. The van der Waals surface area contributed by atoms with Gasteiger partial charge in [0.25, 0.3) is 0 Å². The smallest absolute Gasteiger partial charge is 0.368 e. The monoisotopic (exact) mass is 495 g/mol. The van der Waals surface area contributed by atoms with E-state index in [1.54, 1.807) is 18.2 Å². The molecule has 6 rings (SSSR count). The second-order valence-corrected chi connectivity index (χ2v) is 10.5. The number of aromatic nitrogens is 6. The lowest BCUT2D eigenvalue weighted by atomic mass is 9.84. The number of hydrogen-bond acceptors (Lipinski definition) is 9. The summed E-state index contributed by atoms with van der Waals surface area (Å²) in [7, 11) is 0. The van der Waals surface area contributed by atoms with Gasteiger partial charge in [-0.05, 0) is 74.7 Å². The summed E-state index contributed by atoms with van der Waals surface area (Å²) in [5.74, 6) is -0.0295. The summed E-state index contributed by atoms with van der Waals surface area (Å²) in [5.41, 5.74) is 0.913. The predicted molar refractivity (Wildman–Crippen MR) is 131 cm³/mol. The summed E-state index contributed by atoms with van der Waals surface area (Å²) in [6.07, 6.45) is 5.46. The fraction of sp³-hybridized carbons (Fsp3) is 0.542. The van der Waals surface area contributed by atoms with Gasteiger partial charge < -0.3 is 15.4 Å². The van der Waals surface area contributed by atoms with Gasteiger partial charge in [-0.3, -0.25) is 4.90 Å². The highest BCUT2D eigenvalue weighted by atomic mass is 19.1. The molecule has 2 atom stereocenters. The molecular weight excluding hydrogens is 465 g/mol. The molecular formula is C24H30FN9O2. The van der Waals surface area contributed by atoms with Crippen molar-refractivity contribution >= 4 is 17.5 Å². The molecule has 0 radical (unpaired) electrons. The number of fused-ring (bicyclic) bond motifs is 1. The SMILES string of the molecule is CC1(C)CC(Nc2nc(Nc3cccc(-n4nnn(C5COC5)c4=O)c3)ncc2F)CC2CCCN21. The van der Waals surface area contributed by atoms with Crippen LogP contribution in [0.4, 0.5) is 21.8 Å². The third-order valence-corrected chi connectivity index (χ3v) is 7.46. The van der Waals surface area contributed by atoms with Crippen LogP contribution in [0.2, 0.25) is 0 Å². The summed E-state index contributed by atoms with van der Waals surface area (Å²) >= 11 is 0. The van der Waals surface area contributed by atoms with E-state index in [-0.39, 0.29) is 35.1 Å². The summed E-state index contributed by atoms with van der Waals surface area (Å²) in [5, 5.41) is 14.4. The van der Waals surface area contributed by atoms with Crippen LogP contribution in [0.5, 0.6) is 0 Å². The largest absolute Gasteiger partial charge is 0.377 e. The van der Waals surface area contributed by atoms with Crippen molar-refractivity contribution in [2.45, 2.75) is 63.2 Å². The Bertz CT molecular complexity index is 1320. The van der Waals surface area contributed by atoms with Gasteiger partial charge in [0, 0.05) is 23.3 Å². The quantitative estimate of drug-likeness (QED) is 0.532. The normalized spacial score (nSPS) is 23.8. The van der Waals surface area contributed by atoms with E-state index in [1.165, 1.54) is 28.4 Å². The number of anilines is 3. The lowest BCUT2D eigenvalue weighted by Gasteiger charge is -2.47. The van der Waals surface area contributed by atoms with Gasteiger partial charge in [-0.15, -0.1) is 0 Å². The van der Waals surface area contributed by atoms with E-state index < -0.39 is 5.82 Å². The van der Waals surface area contributed by atoms with Gasteiger partial charge in [0.15, 0.2) is 11.6 Å². The van der Waals surface area contributed by atoms with Crippen molar-refractivity contribution in [3.8, 4) is 5.69 Å². The van der Waals surface area contributed by atoms with Crippen molar-refractivity contribution in [1.29, 1.82) is 0 Å². The first kappa shape index (κ1) is 23.0. The standard InChI is InChI=1S/C24H30FN9O2/c1-24(2)11-16(10-17-7-4-8-32(17)24)27-21-20(25)12-26-22(29-21)28-15-5-3-6-18(9-15)33-23(35)34(31-30-33)19-13-36-14-19/h3,5-6,9,12,16-17,19H,4,7-8,10-11,13-14H2,1-2H3,(H2,26,27,28,29). The Morgan fingerprint density at radius 1 is 1.19 bits per heavy atom. The minimum Gasteiger partial charge on any atom is -0.377 e. The van der Waals surface area contributed by atoms with Crippen LogP contribution in [0.1, 0.15) is 45.6 Å². The van der Waals surface area contributed by atoms with Crippen molar-refractivity contribution < 1.29 is 9.13 Å². The zero-order valence-electron chi connectivity index (χ0n) is 20.4. The fourth-order valence-corrected chi connectivity index (χ4v) is 5.70. The Labute approximate surface area is 207 Å². The second-order valence-electron chi connectivity index (χ2n) is 10.5. The lowest BCUT2D eigenvalue weighted by Crippen LogP contribution is -2.55. The van der Waals surface area contributed by atoms with E-state index >= 15 is 0 Å². The van der Waals surface area contributed by atoms with Crippen LogP contribution in [0, 0.1) is 5.82 Å². The average molecular weight is 496 g/mol. The van der Waals surface area contributed by atoms with Crippen LogP contribution in [0.25, 0.3) is 5.69 Å². The van der Waals surface area contributed by atoms with Gasteiger partial charge in [-0.2, -0.15) is 14.3 Å². The molecule has 3 aliphatic rings. The van der Waals surface area contributed by atoms with Crippen LogP contribution >= 0.6 is 0 Å². The maximum atomic E-state index is 14.7. The zero-order valence-corrected chi connectivity index (χ0v) is 20.4. The number of rotatable bonds is 6. The highest BCUT2D eigenvalue weighted by Gasteiger charge is 2.43. The molecule has 5 heterocycles. The number of ether oxygens (including phenoxy) is 1. The molecule has 12 heteroatoms. The zero-order chi connectivity index (χ0) is 24.9. The maximum Gasteiger partial charge on any atom is 0.368 e. The summed E-state index contributed by atoms with van der Waals surface area (Å²) in [6, 6.07) is 7.68. The number of piperidine rings is 1. The number of benzene rings is 1. The maximum absolute atomic E-state index is 14.7. The van der Waals surface area contributed by atoms with Gasteiger partial charge in [-0.1, -0.05) is 6.07 Å². The van der Waals surface area contributed by atoms with Crippen molar-refractivity contribution in [3.63, 3.8) is 0 Å². The molecule has 3 aromatic rings. The molecule has 36 heavy (non-hydrogen) atoms. The highest BCUT2D eigenvalue weighted by molar-refractivity contribution is 5.58. The number of halogens is 1. The summed E-state index contributed by atoms with van der Waals surface area (Å²) in [4.78, 5) is 23.8. The number of nitrogens with one attached hydrogen (secondary N) is 2. The molecule has 1 aromatic carbocycles. The first-order valence-electron chi connectivity index (χ1n) is 12.4. The molecule has 3 aliphatic heterocycles. The molecule has 3 saturated heterocycles. The summed E-state index contributed by atoms with van der Waals surface area (Å²) in [6.45, 7) is 6.57. The number of nitrogens with zero attached hydrogens (tertiary/aromatic N) is 7. The molecule has 2 N–H and O–H groups in total. The van der Waals surface area contributed by atoms with E-state index in [1.807, 2.05) is 6.07 Å². The number of tetrazole rings is 1. The Kier molecular flexibility index (Phi) is 5.72. The molecule has 0 saturated carbocycles. The van der Waals surface area contributed by atoms with E-state index in [2.05, 4.69) is 49.8 Å². The molecule has 2 aromatic heterocycles. The molecule has 0 bridgehead atoms. The molecule has 11 nitrogen and oxygen atoms in total. The van der Waals surface area contributed by atoms with E-state index in [0.717, 1.165) is 19.4 Å². The predicted octanol–water partition coefficient (Wildman–Crippen LogP) is 2.49. The Balaban J connectivity index is 1.19. The minimum absolute atomic E-state index is 0.0632. The molecule has 0 spiro atoms. The highest BCUT2D eigenvalue weighted by Crippen LogP contribution is 2.38. The van der Waals surface area contributed by atoms with Crippen molar-refractivity contribution in [2.24, 2.45) is 0 Å². The molecule has 2 unspecified atom stereocenters. The van der Waals surface area contributed by atoms with Crippen LogP contribution < -0.4 is 16.3 Å². The van der Waals surface area contributed by atoms with Crippen LogP contribution in [-0.4, -0.2) is 72.0 Å². The lowest BCUT2D eigenvalue weighted by molar-refractivity contribution is -0.0309. The molecule has 190 valence electrons. The van der Waals surface area contributed by atoms with Crippen molar-refractivity contribution in [2.75, 3.05) is 30.4 Å². The summed E-state index contributed by atoms with van der Waals surface area (Å²) < 4.78 is 22.4. The van der Waals surface area contributed by atoms with Gasteiger partial charge in [-0.25, -0.2) is 14.2 Å². The van der Waals surface area contributed by atoms with Gasteiger partial charge in [0.2, 0.25) is 5.95 Å². The Hall–Kier alpha value is -3.38. The van der Waals surface area contributed by atoms with Gasteiger partial charge >= 0.3 is 5.69 Å². The topological polar surface area (TPSA) is 115 Å². The van der Waals surface area contributed by atoms with E-state index in [9.17, 15) is 9.18 Å². The molecule has 0 aliphatic carbocycles. The third-order valence-electron chi connectivity index (χ3n) is 7.46. The fourth-order valence-electron chi connectivity index (χ4n) is 5.70. The molecule has 3 fully saturated rings.